The molecule has 0 fully saturated rings. The molecule has 0 saturated heterocycles. The molecule has 2 unspecified atom stereocenters. The summed E-state index contributed by atoms with van der Waals surface area (Å²) in [6.07, 6.45) is 14.8. The Kier molecular flexibility index (Phi) is 4.38. The minimum atomic E-state index is 0.555. The topological polar surface area (TPSA) is 0 Å². The van der Waals surface area contributed by atoms with Crippen LogP contribution in [0.15, 0.2) is 60.7 Å². The summed E-state index contributed by atoms with van der Waals surface area (Å²) in [5, 5.41) is 0. The first-order valence-corrected chi connectivity index (χ1v) is 9.42. The van der Waals surface area contributed by atoms with Crippen molar-refractivity contribution in [1.82, 2.24) is 0 Å². The first-order chi connectivity index (χ1) is 11.9. The molecule has 0 aromatic heterocycles. The van der Waals surface area contributed by atoms with Gasteiger partial charge in [0.25, 0.3) is 0 Å². The molecule has 2 aliphatic rings. The second-order valence-electron chi connectivity index (χ2n) is 7.19. The van der Waals surface area contributed by atoms with Crippen molar-refractivity contribution in [3.63, 3.8) is 0 Å². The standard InChI is InChI=1S/C24H26/c1-2-3-4-13-22(23-16-14-18-9-5-7-11-20(18)23)24-17-15-19-10-6-8-12-21(19)24/h5-12,14-17,22-24H,2-4,13H2,1H3. The second-order valence-corrected chi connectivity index (χ2v) is 7.19. The average Bonchev–Trinajstić information content (AvgIpc) is 3.24. The molecule has 0 heteroatoms. The molecule has 0 bridgehead atoms. The zero-order chi connectivity index (χ0) is 16.4. The molecule has 2 aliphatic carbocycles. The Bertz CT molecular complexity index is 704. The molecule has 0 heterocycles. The van der Waals surface area contributed by atoms with Gasteiger partial charge in [0.05, 0.1) is 0 Å². The zero-order valence-electron chi connectivity index (χ0n) is 14.5. The predicted molar refractivity (Wildman–Crippen MR) is 104 cm³/mol. The van der Waals surface area contributed by atoms with Crippen LogP contribution in [-0.4, -0.2) is 0 Å². The lowest BCUT2D eigenvalue weighted by Crippen LogP contribution is -2.17. The molecule has 0 spiro atoms. The summed E-state index contributed by atoms with van der Waals surface area (Å²) in [4.78, 5) is 0. The quantitative estimate of drug-likeness (QED) is 0.514. The smallest absolute Gasteiger partial charge is 0.00643 e. The van der Waals surface area contributed by atoms with E-state index in [1.807, 2.05) is 0 Å². The molecule has 0 radical (unpaired) electrons. The molecular weight excluding hydrogens is 288 g/mol. The van der Waals surface area contributed by atoms with Gasteiger partial charge in [0.15, 0.2) is 0 Å². The molecule has 0 aliphatic heterocycles. The van der Waals surface area contributed by atoms with Crippen molar-refractivity contribution < 1.29 is 0 Å². The van der Waals surface area contributed by atoms with Gasteiger partial charge in [0, 0.05) is 11.8 Å². The summed E-state index contributed by atoms with van der Waals surface area (Å²) in [5.74, 6) is 1.77. The van der Waals surface area contributed by atoms with Crippen molar-refractivity contribution in [2.24, 2.45) is 5.92 Å². The van der Waals surface area contributed by atoms with Crippen LogP contribution in [0.1, 0.15) is 66.7 Å². The minimum absolute atomic E-state index is 0.555. The second kappa shape index (κ2) is 6.81. The Morgan fingerprint density at radius 3 is 1.83 bits per heavy atom. The summed E-state index contributed by atoms with van der Waals surface area (Å²) in [7, 11) is 0. The first-order valence-electron chi connectivity index (χ1n) is 9.42. The predicted octanol–water partition coefficient (Wildman–Crippen LogP) is 6.80. The highest BCUT2D eigenvalue weighted by Gasteiger charge is 2.33. The fourth-order valence-corrected chi connectivity index (χ4v) is 4.51. The van der Waals surface area contributed by atoms with Crippen LogP contribution in [0.2, 0.25) is 0 Å². The lowest BCUT2D eigenvalue weighted by atomic mass is 9.74. The van der Waals surface area contributed by atoms with Crippen molar-refractivity contribution in [2.75, 3.05) is 0 Å². The Labute approximate surface area is 145 Å². The third kappa shape index (κ3) is 2.75. The molecule has 0 amide bonds. The monoisotopic (exact) mass is 314 g/mol. The normalized spacial score (nSPS) is 21.7. The largest absolute Gasteiger partial charge is 0.0761 e. The zero-order valence-corrected chi connectivity index (χ0v) is 14.5. The number of unbranched alkanes of at least 4 members (excludes halogenated alkanes) is 2. The van der Waals surface area contributed by atoms with Crippen LogP contribution in [0.3, 0.4) is 0 Å². The third-order valence-corrected chi connectivity index (χ3v) is 5.74. The van der Waals surface area contributed by atoms with E-state index in [4.69, 9.17) is 0 Å². The van der Waals surface area contributed by atoms with E-state index < -0.39 is 0 Å². The van der Waals surface area contributed by atoms with Gasteiger partial charge >= 0.3 is 0 Å². The highest BCUT2D eigenvalue weighted by Crippen LogP contribution is 2.47. The maximum Gasteiger partial charge on any atom is 0.00643 e. The number of allylic oxidation sites excluding steroid dienone is 2. The van der Waals surface area contributed by atoms with Crippen LogP contribution in [0.25, 0.3) is 12.2 Å². The van der Waals surface area contributed by atoms with Crippen molar-refractivity contribution in [3.05, 3.63) is 82.9 Å². The molecule has 0 nitrogen and oxygen atoms in total. The van der Waals surface area contributed by atoms with E-state index in [1.54, 1.807) is 0 Å². The molecule has 2 aromatic rings. The van der Waals surface area contributed by atoms with Crippen LogP contribution >= 0.6 is 0 Å². The number of hydrogen-bond acceptors (Lipinski definition) is 0. The summed E-state index contributed by atoms with van der Waals surface area (Å²) >= 11 is 0. The van der Waals surface area contributed by atoms with Crippen LogP contribution in [-0.2, 0) is 0 Å². The van der Waals surface area contributed by atoms with Gasteiger partial charge in [-0.25, -0.2) is 0 Å². The molecule has 2 atom stereocenters. The van der Waals surface area contributed by atoms with E-state index >= 15 is 0 Å². The van der Waals surface area contributed by atoms with E-state index in [0.29, 0.717) is 17.8 Å². The van der Waals surface area contributed by atoms with Crippen LogP contribution in [0.5, 0.6) is 0 Å². The van der Waals surface area contributed by atoms with Gasteiger partial charge in [-0.05, 0) is 34.6 Å². The average molecular weight is 314 g/mol. The van der Waals surface area contributed by atoms with Gasteiger partial charge in [-0.15, -0.1) is 0 Å². The minimum Gasteiger partial charge on any atom is -0.0761 e. The van der Waals surface area contributed by atoms with Gasteiger partial charge in [-0.1, -0.05) is 99.0 Å². The summed E-state index contributed by atoms with van der Waals surface area (Å²) in [6.45, 7) is 2.30. The summed E-state index contributed by atoms with van der Waals surface area (Å²) in [5.41, 5.74) is 5.88. The molecule has 24 heavy (non-hydrogen) atoms. The Hall–Kier alpha value is -2.08. The van der Waals surface area contributed by atoms with Crippen molar-refractivity contribution in [3.8, 4) is 0 Å². The van der Waals surface area contributed by atoms with Crippen LogP contribution in [0, 0.1) is 5.92 Å². The fraction of sp³-hybridized carbons (Fsp3) is 0.333. The highest BCUT2D eigenvalue weighted by molar-refractivity contribution is 5.65. The van der Waals surface area contributed by atoms with E-state index in [1.165, 1.54) is 47.9 Å². The Morgan fingerprint density at radius 2 is 1.29 bits per heavy atom. The molecule has 2 aromatic carbocycles. The maximum absolute atomic E-state index is 2.45. The lowest BCUT2D eigenvalue weighted by molar-refractivity contribution is 0.390. The molecular formula is C24H26. The van der Waals surface area contributed by atoms with Gasteiger partial charge in [-0.2, -0.15) is 0 Å². The molecule has 0 saturated carbocycles. The number of hydrogen-bond donors (Lipinski definition) is 0. The third-order valence-electron chi connectivity index (χ3n) is 5.74. The maximum atomic E-state index is 2.45. The van der Waals surface area contributed by atoms with E-state index in [-0.39, 0.29) is 0 Å². The van der Waals surface area contributed by atoms with Crippen molar-refractivity contribution in [2.45, 2.75) is 44.4 Å². The summed E-state index contributed by atoms with van der Waals surface area (Å²) in [6, 6.07) is 17.9. The van der Waals surface area contributed by atoms with E-state index in [9.17, 15) is 0 Å². The number of rotatable bonds is 6. The van der Waals surface area contributed by atoms with Crippen molar-refractivity contribution in [1.29, 1.82) is 0 Å². The molecule has 4 rings (SSSR count). The fourth-order valence-electron chi connectivity index (χ4n) is 4.51. The number of fused-ring (bicyclic) bond motifs is 2. The van der Waals surface area contributed by atoms with Crippen LogP contribution in [0.4, 0.5) is 0 Å². The van der Waals surface area contributed by atoms with E-state index in [0.717, 1.165) is 0 Å². The summed E-state index contributed by atoms with van der Waals surface area (Å²) < 4.78 is 0. The Balaban J connectivity index is 1.66. The van der Waals surface area contributed by atoms with Crippen molar-refractivity contribution >= 4 is 12.2 Å². The van der Waals surface area contributed by atoms with Gasteiger partial charge < -0.3 is 0 Å². The molecule has 0 N–H and O–H groups in total. The van der Waals surface area contributed by atoms with Crippen LogP contribution < -0.4 is 0 Å². The molecule has 122 valence electrons. The lowest BCUT2D eigenvalue weighted by Gasteiger charge is -2.29. The first kappa shape index (κ1) is 15.4. The van der Waals surface area contributed by atoms with E-state index in [2.05, 4.69) is 79.8 Å². The Morgan fingerprint density at radius 1 is 0.750 bits per heavy atom. The van der Waals surface area contributed by atoms with Gasteiger partial charge in [-0.3, -0.25) is 0 Å². The SMILES string of the molecule is CCCCCC(C1C=Cc2ccccc21)C1C=Cc2ccccc21. The number of benzene rings is 2. The highest BCUT2D eigenvalue weighted by atomic mass is 14.4. The van der Waals surface area contributed by atoms with Gasteiger partial charge in [0.2, 0.25) is 0 Å². The van der Waals surface area contributed by atoms with Gasteiger partial charge in [0.1, 0.15) is 0 Å².